The number of aliphatic carboxylic acids is 1. The average Bonchev–Trinajstić information content (AvgIpc) is 3.66. The van der Waals surface area contributed by atoms with Gasteiger partial charge in [0.05, 0.1) is 33.5 Å². The van der Waals surface area contributed by atoms with Crippen LogP contribution in [-0.4, -0.2) is 91.4 Å². The molecule has 0 aliphatic carbocycles. The molecule has 5 atom stereocenters. The summed E-state index contributed by atoms with van der Waals surface area (Å²) in [6.07, 6.45) is 3.68. The highest BCUT2D eigenvalue weighted by Crippen LogP contribution is 2.45. The number of carbonyl (C=O) groups is 3. The van der Waals surface area contributed by atoms with Crippen molar-refractivity contribution in [2.24, 2.45) is 15.4 Å². The molecule has 12 heteroatoms. The van der Waals surface area contributed by atoms with Crippen molar-refractivity contribution in [1.29, 1.82) is 0 Å². The number of benzene rings is 1. The van der Waals surface area contributed by atoms with Gasteiger partial charge in [0.1, 0.15) is 16.9 Å². The summed E-state index contributed by atoms with van der Waals surface area (Å²) >= 11 is 4.92. The molecule has 0 saturated carbocycles. The van der Waals surface area contributed by atoms with E-state index in [2.05, 4.69) is 22.9 Å². The second kappa shape index (κ2) is 14.0. The molecule has 3 aliphatic rings. The summed E-state index contributed by atoms with van der Waals surface area (Å²) in [7, 11) is 2.05. The molecule has 0 spiro atoms. The van der Waals surface area contributed by atoms with Gasteiger partial charge < -0.3 is 14.6 Å². The number of ether oxygens (including phenoxy) is 2. The van der Waals surface area contributed by atoms with Crippen LogP contribution >= 0.6 is 35.3 Å². The molecule has 0 unspecified atom stereocenters. The van der Waals surface area contributed by atoms with Crippen LogP contribution in [0, 0.1) is 5.41 Å². The Balaban J connectivity index is 1.60. The van der Waals surface area contributed by atoms with Gasteiger partial charge in [-0.1, -0.05) is 45.7 Å². The van der Waals surface area contributed by atoms with Gasteiger partial charge >= 0.3 is 17.9 Å². The number of nitrogens with zero attached hydrogens (tertiary/aromatic N) is 3. The molecule has 43 heavy (non-hydrogen) atoms. The molecular formula is C31H43N3O6S3. The van der Waals surface area contributed by atoms with Gasteiger partial charge in [-0.3, -0.25) is 24.5 Å². The SMILES string of the molecule is CCCCCc1cccc(OC(C)=O)c1C1=N[C@@H]([C@H]2SC[C@@H]([C@H](OC(C)=O)C(C)(C)C3=N[C@@](C)(C(=O)O)CS3)N2C)CS1. The van der Waals surface area contributed by atoms with E-state index in [-0.39, 0.29) is 29.4 Å². The number of likely N-dealkylation sites (N-methyl/N-ethyl adjacent to an activating group) is 1. The smallest absolute Gasteiger partial charge is 0.332 e. The predicted octanol–water partition coefficient (Wildman–Crippen LogP) is 5.53. The van der Waals surface area contributed by atoms with Crippen molar-refractivity contribution < 1.29 is 29.0 Å². The minimum absolute atomic E-state index is 0.0107. The fraction of sp³-hybridized carbons (Fsp3) is 0.645. The highest BCUT2D eigenvalue weighted by molar-refractivity contribution is 8.15. The lowest BCUT2D eigenvalue weighted by atomic mass is 9.82. The molecule has 9 nitrogen and oxygen atoms in total. The van der Waals surface area contributed by atoms with Crippen molar-refractivity contribution in [3.63, 3.8) is 0 Å². The number of carboxylic acid groups (broad SMARTS) is 1. The summed E-state index contributed by atoms with van der Waals surface area (Å²) in [4.78, 5) is 48.2. The zero-order valence-corrected chi connectivity index (χ0v) is 28.5. The topological polar surface area (TPSA) is 118 Å². The van der Waals surface area contributed by atoms with E-state index in [0.29, 0.717) is 16.5 Å². The Morgan fingerprint density at radius 1 is 1.16 bits per heavy atom. The Labute approximate surface area is 267 Å². The molecule has 1 aromatic carbocycles. The monoisotopic (exact) mass is 649 g/mol. The van der Waals surface area contributed by atoms with Gasteiger partial charge in [0.15, 0.2) is 5.54 Å². The van der Waals surface area contributed by atoms with Crippen LogP contribution < -0.4 is 4.74 Å². The minimum Gasteiger partial charge on any atom is -0.479 e. The molecule has 4 rings (SSSR count). The van der Waals surface area contributed by atoms with E-state index in [4.69, 9.17) is 14.5 Å². The number of hydrogen-bond acceptors (Lipinski definition) is 11. The second-order valence-electron chi connectivity index (χ2n) is 12.1. The van der Waals surface area contributed by atoms with Crippen LogP contribution in [0.4, 0.5) is 0 Å². The molecule has 0 amide bonds. The first-order valence-electron chi connectivity index (χ1n) is 14.8. The van der Waals surface area contributed by atoms with E-state index in [9.17, 15) is 19.5 Å². The molecule has 1 saturated heterocycles. The average molecular weight is 650 g/mol. The third-order valence-corrected chi connectivity index (χ3v) is 12.4. The number of thioether (sulfide) groups is 3. The lowest BCUT2D eigenvalue weighted by molar-refractivity contribution is -0.154. The number of aliphatic imine (C=N–C) groups is 2. The summed E-state index contributed by atoms with van der Waals surface area (Å²) in [5.74, 6) is 0.729. The fourth-order valence-electron chi connectivity index (χ4n) is 5.75. The second-order valence-corrected chi connectivity index (χ2v) is 15.3. The normalized spacial score (nSPS) is 26.6. The van der Waals surface area contributed by atoms with E-state index in [1.54, 1.807) is 30.4 Å². The standard InChI is InChI=1S/C31H43N3O6S3/c1-8-9-10-12-20-13-11-14-23(39-18(2)35)24(20)26-32-21(15-41-26)27-34(7)22(16-42-27)25(40-19(3)36)30(4,5)28-33-31(6,17-43-28)29(37)38/h11,13-14,21-22,25,27H,8-10,12,15-17H2,1-7H3,(H,37,38)/t21-,22+,25+,27-,31-/m1/s1. The molecule has 0 aromatic heterocycles. The van der Waals surface area contributed by atoms with Crippen LogP contribution in [0.3, 0.4) is 0 Å². The zero-order valence-electron chi connectivity index (χ0n) is 26.0. The van der Waals surface area contributed by atoms with Crippen molar-refractivity contribution in [1.82, 2.24) is 4.90 Å². The minimum atomic E-state index is -1.19. The van der Waals surface area contributed by atoms with Crippen LogP contribution in [-0.2, 0) is 25.5 Å². The first-order valence-corrected chi connectivity index (χ1v) is 17.8. The van der Waals surface area contributed by atoms with E-state index < -0.39 is 23.0 Å². The first kappa shape index (κ1) is 33.9. The van der Waals surface area contributed by atoms with Gasteiger partial charge in [0.25, 0.3) is 0 Å². The van der Waals surface area contributed by atoms with Crippen LogP contribution in [0.5, 0.6) is 5.75 Å². The molecule has 1 aromatic rings. The number of hydrogen-bond donors (Lipinski definition) is 1. The largest absolute Gasteiger partial charge is 0.479 e. The Bertz CT molecular complexity index is 1300. The van der Waals surface area contributed by atoms with E-state index >= 15 is 0 Å². The van der Waals surface area contributed by atoms with Crippen LogP contribution in [0.1, 0.15) is 71.9 Å². The highest BCUT2D eigenvalue weighted by Gasteiger charge is 2.52. The summed E-state index contributed by atoms with van der Waals surface area (Å²) < 4.78 is 11.6. The van der Waals surface area contributed by atoms with Crippen molar-refractivity contribution in [2.45, 2.75) is 96.3 Å². The quantitative estimate of drug-likeness (QED) is 0.176. The van der Waals surface area contributed by atoms with Gasteiger partial charge in [-0.2, -0.15) is 0 Å². The highest BCUT2D eigenvalue weighted by atomic mass is 32.2. The summed E-state index contributed by atoms with van der Waals surface area (Å²) in [5, 5.41) is 11.4. The molecule has 1 fully saturated rings. The first-order chi connectivity index (χ1) is 20.3. The van der Waals surface area contributed by atoms with E-state index in [1.165, 1.54) is 25.6 Å². The van der Waals surface area contributed by atoms with Crippen molar-refractivity contribution in [3.05, 3.63) is 29.3 Å². The number of aryl methyl sites for hydroxylation is 1. The molecule has 0 bridgehead atoms. The molecular weight excluding hydrogens is 607 g/mol. The third kappa shape index (κ3) is 7.45. The number of carbonyl (C=O) groups excluding carboxylic acids is 2. The lowest BCUT2D eigenvalue weighted by Crippen LogP contribution is -2.53. The van der Waals surface area contributed by atoms with Crippen molar-refractivity contribution in [2.75, 3.05) is 24.3 Å². The van der Waals surface area contributed by atoms with Gasteiger partial charge in [-0.05, 0) is 38.4 Å². The number of unbranched alkanes of at least 4 members (excludes halogenated alkanes) is 2. The summed E-state index contributed by atoms with van der Waals surface area (Å²) in [6.45, 7) is 10.6. The maximum absolute atomic E-state index is 12.3. The Kier molecular flexibility index (Phi) is 11.0. The van der Waals surface area contributed by atoms with Gasteiger partial charge in [-0.25, -0.2) is 4.79 Å². The van der Waals surface area contributed by atoms with Crippen LogP contribution in [0.2, 0.25) is 0 Å². The zero-order chi connectivity index (χ0) is 31.5. The maximum Gasteiger partial charge on any atom is 0.332 e. The van der Waals surface area contributed by atoms with Crippen LogP contribution in [0.15, 0.2) is 28.2 Å². The number of rotatable bonds is 12. The Hall–Kier alpha value is -2.02. The number of carboxylic acids is 1. The molecule has 236 valence electrons. The van der Waals surface area contributed by atoms with Gasteiger partial charge in [-0.15, -0.1) is 35.3 Å². The third-order valence-electron chi connectivity index (χ3n) is 8.20. The van der Waals surface area contributed by atoms with Gasteiger partial charge in [0.2, 0.25) is 0 Å². The summed E-state index contributed by atoms with van der Waals surface area (Å²) in [5.41, 5.74) is 0.179. The fourth-order valence-corrected chi connectivity index (χ4v) is 9.98. The molecule has 3 aliphatic heterocycles. The summed E-state index contributed by atoms with van der Waals surface area (Å²) in [6, 6.07) is 5.76. The molecule has 1 N–H and O–H groups in total. The maximum atomic E-state index is 12.3. The van der Waals surface area contributed by atoms with Crippen molar-refractivity contribution >= 4 is 63.3 Å². The number of esters is 2. The lowest BCUT2D eigenvalue weighted by Gasteiger charge is -2.40. The molecule has 3 heterocycles. The van der Waals surface area contributed by atoms with Gasteiger partial charge in [0, 0.05) is 31.1 Å². The predicted molar refractivity (Wildman–Crippen MR) is 177 cm³/mol. The van der Waals surface area contributed by atoms with E-state index in [1.807, 2.05) is 33.0 Å². The molecule has 0 radical (unpaired) electrons. The Morgan fingerprint density at radius 2 is 1.91 bits per heavy atom. The van der Waals surface area contributed by atoms with Crippen molar-refractivity contribution in [3.8, 4) is 5.75 Å². The van der Waals surface area contributed by atoms with E-state index in [0.717, 1.165) is 53.4 Å². The Morgan fingerprint density at radius 3 is 2.53 bits per heavy atom. The van der Waals surface area contributed by atoms with Crippen LogP contribution in [0.25, 0.3) is 0 Å².